The van der Waals surface area contributed by atoms with Gasteiger partial charge in [0, 0.05) is 19.1 Å². The number of hydrogen-bond acceptors (Lipinski definition) is 1. The third-order valence-electron chi connectivity index (χ3n) is 6.16. The van der Waals surface area contributed by atoms with Crippen molar-refractivity contribution in [1.82, 2.24) is 4.90 Å². The van der Waals surface area contributed by atoms with Gasteiger partial charge in [0.2, 0.25) is 0 Å². The molecule has 0 aromatic carbocycles. The van der Waals surface area contributed by atoms with E-state index in [-0.39, 0.29) is 0 Å². The molecule has 0 heterocycles. The van der Waals surface area contributed by atoms with Crippen molar-refractivity contribution < 1.29 is 0 Å². The second-order valence-corrected chi connectivity index (χ2v) is 7.28. The van der Waals surface area contributed by atoms with Crippen molar-refractivity contribution in [2.45, 2.75) is 45.1 Å². The summed E-state index contributed by atoms with van der Waals surface area (Å²) in [7, 11) is 0. The molecule has 0 amide bonds. The van der Waals surface area contributed by atoms with Crippen LogP contribution >= 0.6 is 0 Å². The summed E-state index contributed by atoms with van der Waals surface area (Å²) in [6.07, 6.45) is 11.8. The van der Waals surface area contributed by atoms with Crippen LogP contribution in [0.2, 0.25) is 0 Å². The zero-order valence-corrected chi connectivity index (χ0v) is 12.4. The van der Waals surface area contributed by atoms with Gasteiger partial charge in [0.15, 0.2) is 0 Å². The predicted octanol–water partition coefficient (Wildman–Crippen LogP) is 4.12. The van der Waals surface area contributed by atoms with E-state index in [1.807, 2.05) is 0 Å². The maximum atomic E-state index is 3.93. The van der Waals surface area contributed by atoms with Gasteiger partial charge < -0.3 is 0 Å². The lowest BCUT2D eigenvalue weighted by Gasteiger charge is -2.57. The van der Waals surface area contributed by atoms with E-state index in [1.165, 1.54) is 25.7 Å². The third kappa shape index (κ3) is 2.42. The van der Waals surface area contributed by atoms with Crippen LogP contribution in [0.4, 0.5) is 0 Å². The van der Waals surface area contributed by atoms with Gasteiger partial charge in [0.05, 0.1) is 0 Å². The molecule has 1 unspecified atom stereocenters. The molecule has 4 saturated carbocycles. The van der Waals surface area contributed by atoms with Crippen LogP contribution in [0, 0.1) is 29.6 Å². The monoisotopic (exact) mass is 259 g/mol. The van der Waals surface area contributed by atoms with Gasteiger partial charge in [0.1, 0.15) is 0 Å². The summed E-state index contributed by atoms with van der Waals surface area (Å²) in [5, 5.41) is 0. The molecule has 4 rings (SSSR count). The summed E-state index contributed by atoms with van der Waals surface area (Å²) < 4.78 is 0. The lowest BCUT2D eigenvalue weighted by Crippen LogP contribution is -2.53. The Morgan fingerprint density at radius 1 is 0.947 bits per heavy atom. The number of nitrogens with zero attached hydrogens (tertiary/aromatic N) is 1. The summed E-state index contributed by atoms with van der Waals surface area (Å²) in [5.41, 5.74) is 0. The van der Waals surface area contributed by atoms with Gasteiger partial charge in [-0.3, -0.25) is 4.90 Å². The summed E-state index contributed by atoms with van der Waals surface area (Å²) >= 11 is 0. The molecule has 1 nitrogen and oxygen atoms in total. The van der Waals surface area contributed by atoms with E-state index in [1.54, 1.807) is 6.42 Å². The molecule has 0 N–H and O–H groups in total. The summed E-state index contributed by atoms with van der Waals surface area (Å²) in [6, 6.07) is 0.700. The van der Waals surface area contributed by atoms with Crippen LogP contribution in [-0.4, -0.2) is 24.0 Å². The minimum atomic E-state index is 0.700. The van der Waals surface area contributed by atoms with Gasteiger partial charge in [-0.05, 0) is 68.6 Å². The molecule has 1 heteroatoms. The van der Waals surface area contributed by atoms with E-state index in [0.717, 1.165) is 42.7 Å². The van der Waals surface area contributed by atoms with Crippen molar-refractivity contribution >= 4 is 0 Å². The van der Waals surface area contributed by atoms with Crippen LogP contribution in [0.3, 0.4) is 0 Å². The Morgan fingerprint density at radius 3 is 1.84 bits per heavy atom. The van der Waals surface area contributed by atoms with E-state index in [4.69, 9.17) is 0 Å². The Hall–Kier alpha value is -0.560. The normalized spacial score (nSPS) is 41.5. The summed E-state index contributed by atoms with van der Waals surface area (Å²) in [6.45, 7) is 12.3. The quantitative estimate of drug-likeness (QED) is 0.649. The van der Waals surface area contributed by atoms with Gasteiger partial charge in [-0.1, -0.05) is 12.2 Å². The molecule has 0 aliphatic heterocycles. The highest BCUT2D eigenvalue weighted by molar-refractivity contribution is 5.02. The molecule has 0 saturated heterocycles. The minimum Gasteiger partial charge on any atom is -0.293 e. The van der Waals surface area contributed by atoms with Crippen LogP contribution in [0.15, 0.2) is 25.3 Å². The van der Waals surface area contributed by atoms with Crippen LogP contribution in [0.25, 0.3) is 0 Å². The predicted molar refractivity (Wildman–Crippen MR) is 82.0 cm³/mol. The molecule has 4 aliphatic carbocycles. The van der Waals surface area contributed by atoms with Crippen molar-refractivity contribution in [3.63, 3.8) is 0 Å². The van der Waals surface area contributed by atoms with Crippen LogP contribution in [0.1, 0.15) is 39.0 Å². The molecule has 106 valence electrons. The first-order valence-corrected chi connectivity index (χ1v) is 8.18. The Labute approximate surface area is 118 Å². The van der Waals surface area contributed by atoms with Gasteiger partial charge >= 0.3 is 0 Å². The topological polar surface area (TPSA) is 3.24 Å². The average Bonchev–Trinajstić information content (AvgIpc) is 2.37. The first-order valence-electron chi connectivity index (χ1n) is 8.18. The molecule has 0 radical (unpaired) electrons. The zero-order valence-electron chi connectivity index (χ0n) is 12.4. The maximum Gasteiger partial charge on any atom is 0.0166 e. The molecule has 1 atom stereocenters. The van der Waals surface area contributed by atoms with Gasteiger partial charge in [-0.2, -0.15) is 0 Å². The fraction of sp³-hybridized carbons (Fsp3) is 0.778. The molecular formula is C18H29N. The highest BCUT2D eigenvalue weighted by atomic mass is 15.1. The molecule has 4 aliphatic rings. The molecular weight excluding hydrogens is 230 g/mol. The molecule has 19 heavy (non-hydrogen) atoms. The Morgan fingerprint density at radius 2 is 1.42 bits per heavy atom. The highest BCUT2D eigenvalue weighted by Crippen LogP contribution is 2.57. The molecule has 0 aromatic heterocycles. The van der Waals surface area contributed by atoms with Crippen LogP contribution < -0.4 is 0 Å². The Balaban J connectivity index is 1.73. The third-order valence-corrected chi connectivity index (χ3v) is 6.16. The van der Waals surface area contributed by atoms with Gasteiger partial charge in [-0.25, -0.2) is 0 Å². The van der Waals surface area contributed by atoms with Crippen molar-refractivity contribution in [3.8, 4) is 0 Å². The van der Waals surface area contributed by atoms with Crippen molar-refractivity contribution in [3.05, 3.63) is 25.3 Å². The highest BCUT2D eigenvalue weighted by Gasteiger charge is 2.50. The minimum absolute atomic E-state index is 0.700. The average molecular weight is 259 g/mol. The number of rotatable bonds is 6. The Kier molecular flexibility index (Phi) is 3.84. The Bertz CT molecular complexity index is 308. The van der Waals surface area contributed by atoms with E-state index < -0.39 is 0 Å². The molecule has 0 spiro atoms. The van der Waals surface area contributed by atoms with Crippen LogP contribution in [0.5, 0.6) is 0 Å². The fourth-order valence-corrected chi connectivity index (χ4v) is 5.74. The summed E-state index contributed by atoms with van der Waals surface area (Å²) in [4.78, 5) is 2.58. The first-order chi connectivity index (χ1) is 9.22. The van der Waals surface area contributed by atoms with Crippen molar-refractivity contribution in [2.75, 3.05) is 13.1 Å². The van der Waals surface area contributed by atoms with E-state index in [9.17, 15) is 0 Å². The zero-order chi connectivity index (χ0) is 13.4. The lowest BCUT2D eigenvalue weighted by atomic mass is 9.50. The van der Waals surface area contributed by atoms with E-state index in [0.29, 0.717) is 6.04 Å². The van der Waals surface area contributed by atoms with Crippen molar-refractivity contribution in [2.24, 2.45) is 29.6 Å². The summed E-state index contributed by atoms with van der Waals surface area (Å²) in [5.74, 6) is 5.14. The largest absolute Gasteiger partial charge is 0.293 e. The smallest absolute Gasteiger partial charge is 0.0166 e. The standard InChI is InChI=1S/C18H29N/c1-4-6-19(7-5-2)13(3)18-16-9-14-8-15(11-16)12-17(18)10-14/h4-5,13-18H,1-2,6-12H2,3H3. The van der Waals surface area contributed by atoms with Crippen molar-refractivity contribution in [1.29, 1.82) is 0 Å². The maximum absolute atomic E-state index is 3.93. The number of hydrogen-bond donors (Lipinski definition) is 0. The SMILES string of the molecule is C=CCN(CC=C)C(C)C1C2CC3CC(C2)CC1C3. The van der Waals surface area contributed by atoms with E-state index >= 15 is 0 Å². The van der Waals surface area contributed by atoms with Crippen LogP contribution in [-0.2, 0) is 0 Å². The lowest BCUT2D eigenvalue weighted by molar-refractivity contribution is -0.0673. The molecule has 4 fully saturated rings. The van der Waals surface area contributed by atoms with Gasteiger partial charge in [0.25, 0.3) is 0 Å². The second-order valence-electron chi connectivity index (χ2n) is 7.28. The van der Waals surface area contributed by atoms with Gasteiger partial charge in [-0.15, -0.1) is 13.2 Å². The van der Waals surface area contributed by atoms with E-state index in [2.05, 4.69) is 37.1 Å². The molecule has 0 aromatic rings. The molecule has 4 bridgehead atoms. The fourth-order valence-electron chi connectivity index (χ4n) is 5.74. The first kappa shape index (κ1) is 13.4. The second kappa shape index (κ2) is 5.44.